The molecule has 1 aliphatic rings. The molecule has 122 valence electrons. The summed E-state index contributed by atoms with van der Waals surface area (Å²) in [5.41, 5.74) is 1.52. The molecular formula is C18H22N2O3. The lowest BCUT2D eigenvalue weighted by atomic mass is 9.99. The van der Waals surface area contributed by atoms with Gasteiger partial charge >= 0.3 is 0 Å². The second-order valence-corrected chi connectivity index (χ2v) is 5.86. The van der Waals surface area contributed by atoms with Crippen molar-refractivity contribution in [2.45, 2.75) is 38.6 Å². The fourth-order valence-electron chi connectivity index (χ4n) is 3.13. The highest BCUT2D eigenvalue weighted by Crippen LogP contribution is 2.26. The Balaban J connectivity index is 1.81. The van der Waals surface area contributed by atoms with E-state index in [9.17, 15) is 4.79 Å². The Morgan fingerprint density at radius 3 is 3.04 bits per heavy atom. The van der Waals surface area contributed by atoms with E-state index >= 15 is 0 Å². The first-order chi connectivity index (χ1) is 11.2. The van der Waals surface area contributed by atoms with Gasteiger partial charge in [-0.3, -0.25) is 4.79 Å². The number of amides is 1. The van der Waals surface area contributed by atoms with Crippen LogP contribution in [0.3, 0.4) is 0 Å². The maximum atomic E-state index is 12.7. The molecule has 0 spiro atoms. The molecule has 1 aromatic heterocycles. The maximum Gasteiger partial charge on any atom is 0.292 e. The van der Waals surface area contributed by atoms with E-state index in [1.165, 1.54) is 6.42 Å². The Morgan fingerprint density at radius 1 is 1.39 bits per heavy atom. The first-order valence-corrected chi connectivity index (χ1v) is 8.15. The van der Waals surface area contributed by atoms with Gasteiger partial charge in [0.15, 0.2) is 0 Å². The van der Waals surface area contributed by atoms with Crippen LogP contribution in [-0.2, 0) is 0 Å². The molecule has 23 heavy (non-hydrogen) atoms. The molecule has 3 rings (SSSR count). The Kier molecular flexibility index (Phi) is 4.65. The van der Waals surface area contributed by atoms with Gasteiger partial charge in [-0.2, -0.15) is 0 Å². The third-order valence-electron chi connectivity index (χ3n) is 4.45. The van der Waals surface area contributed by atoms with Gasteiger partial charge in [0.25, 0.3) is 5.91 Å². The van der Waals surface area contributed by atoms with Gasteiger partial charge in [0.2, 0.25) is 5.76 Å². The number of hydrogen-bond donors (Lipinski definition) is 0. The van der Waals surface area contributed by atoms with E-state index in [-0.39, 0.29) is 5.91 Å². The highest BCUT2D eigenvalue weighted by atomic mass is 16.5. The van der Waals surface area contributed by atoms with Crippen LogP contribution in [0.4, 0.5) is 0 Å². The summed E-state index contributed by atoms with van der Waals surface area (Å²) in [7, 11) is 1.62. The lowest BCUT2D eigenvalue weighted by molar-refractivity contribution is 0.0566. The van der Waals surface area contributed by atoms with Crippen molar-refractivity contribution in [1.82, 2.24) is 10.1 Å². The van der Waals surface area contributed by atoms with Crippen molar-refractivity contribution < 1.29 is 14.1 Å². The van der Waals surface area contributed by atoms with Gasteiger partial charge in [0, 0.05) is 24.2 Å². The molecule has 5 heteroatoms. The van der Waals surface area contributed by atoms with Crippen molar-refractivity contribution in [2.75, 3.05) is 13.7 Å². The van der Waals surface area contributed by atoms with E-state index in [1.807, 2.05) is 29.2 Å². The molecule has 1 aromatic carbocycles. The van der Waals surface area contributed by atoms with Gasteiger partial charge in [-0.15, -0.1) is 0 Å². The number of benzene rings is 1. The Morgan fingerprint density at radius 2 is 2.26 bits per heavy atom. The van der Waals surface area contributed by atoms with E-state index in [2.05, 4.69) is 12.1 Å². The Labute approximate surface area is 136 Å². The minimum absolute atomic E-state index is 0.0572. The largest absolute Gasteiger partial charge is 0.497 e. The number of rotatable bonds is 4. The van der Waals surface area contributed by atoms with E-state index < -0.39 is 0 Å². The quantitative estimate of drug-likeness (QED) is 0.862. The first kappa shape index (κ1) is 15.6. The van der Waals surface area contributed by atoms with Crippen molar-refractivity contribution >= 4 is 5.91 Å². The van der Waals surface area contributed by atoms with E-state index in [1.54, 1.807) is 13.2 Å². The van der Waals surface area contributed by atoms with Crippen LogP contribution in [-0.4, -0.2) is 35.7 Å². The maximum absolute atomic E-state index is 12.7. The lowest BCUT2D eigenvalue weighted by Crippen LogP contribution is -2.43. The average molecular weight is 314 g/mol. The summed E-state index contributed by atoms with van der Waals surface area (Å²) in [6.07, 6.45) is 4.29. The number of carbonyl (C=O) groups is 1. The first-order valence-electron chi connectivity index (χ1n) is 8.15. The van der Waals surface area contributed by atoms with Crippen LogP contribution in [0.1, 0.15) is 43.2 Å². The SMILES string of the molecule is CCC1CCCCN1C(=O)c1cc(-c2cccc(OC)c2)no1. The number of hydrogen-bond acceptors (Lipinski definition) is 4. The number of methoxy groups -OCH3 is 1. The summed E-state index contributed by atoms with van der Waals surface area (Å²) in [5, 5.41) is 4.05. The molecule has 0 radical (unpaired) electrons. The molecule has 1 unspecified atom stereocenters. The third kappa shape index (κ3) is 3.23. The van der Waals surface area contributed by atoms with Crippen molar-refractivity contribution in [3.05, 3.63) is 36.1 Å². The number of nitrogens with zero attached hydrogens (tertiary/aromatic N) is 2. The fraction of sp³-hybridized carbons (Fsp3) is 0.444. The van der Waals surface area contributed by atoms with Crippen molar-refractivity contribution in [3.8, 4) is 17.0 Å². The molecule has 0 N–H and O–H groups in total. The minimum atomic E-state index is -0.0572. The van der Waals surface area contributed by atoms with Crippen LogP contribution < -0.4 is 4.74 Å². The van der Waals surface area contributed by atoms with Crippen LogP contribution in [0.5, 0.6) is 5.75 Å². The number of piperidine rings is 1. The molecule has 1 saturated heterocycles. The second-order valence-electron chi connectivity index (χ2n) is 5.86. The molecule has 1 amide bonds. The summed E-state index contributed by atoms with van der Waals surface area (Å²) in [6, 6.07) is 9.59. The summed E-state index contributed by atoms with van der Waals surface area (Å²) in [5.74, 6) is 1.00. The zero-order valence-corrected chi connectivity index (χ0v) is 13.6. The minimum Gasteiger partial charge on any atom is -0.497 e. The van der Waals surface area contributed by atoms with Crippen LogP contribution in [0.15, 0.2) is 34.9 Å². The van der Waals surface area contributed by atoms with Gasteiger partial charge < -0.3 is 14.2 Å². The monoisotopic (exact) mass is 314 g/mol. The topological polar surface area (TPSA) is 55.6 Å². The molecular weight excluding hydrogens is 292 g/mol. The van der Waals surface area contributed by atoms with Gasteiger partial charge in [0.05, 0.1) is 7.11 Å². The Bertz CT molecular complexity index is 680. The predicted octanol–water partition coefficient (Wildman–Crippen LogP) is 3.75. The zero-order chi connectivity index (χ0) is 16.2. The van der Waals surface area contributed by atoms with Crippen molar-refractivity contribution in [1.29, 1.82) is 0 Å². The number of ether oxygens (including phenoxy) is 1. The molecule has 1 atom stereocenters. The predicted molar refractivity (Wildman–Crippen MR) is 87.5 cm³/mol. The molecule has 0 aliphatic carbocycles. The van der Waals surface area contributed by atoms with Crippen LogP contribution in [0.2, 0.25) is 0 Å². The fourth-order valence-corrected chi connectivity index (χ4v) is 3.13. The van der Waals surface area contributed by atoms with Gasteiger partial charge in [-0.1, -0.05) is 24.2 Å². The van der Waals surface area contributed by atoms with Crippen LogP contribution >= 0.6 is 0 Å². The summed E-state index contributed by atoms with van der Waals surface area (Å²) >= 11 is 0. The molecule has 5 nitrogen and oxygen atoms in total. The van der Waals surface area contributed by atoms with Gasteiger partial charge in [-0.05, 0) is 37.8 Å². The highest BCUT2D eigenvalue weighted by Gasteiger charge is 2.28. The third-order valence-corrected chi connectivity index (χ3v) is 4.45. The standard InChI is InChI=1S/C18H22N2O3/c1-3-14-8-4-5-10-20(14)18(21)17-12-16(19-23-17)13-7-6-9-15(11-13)22-2/h6-7,9,11-12,14H,3-5,8,10H2,1-2H3. The Hall–Kier alpha value is -2.30. The number of carbonyl (C=O) groups excluding carboxylic acids is 1. The molecule has 2 aromatic rings. The smallest absolute Gasteiger partial charge is 0.292 e. The molecule has 2 heterocycles. The second kappa shape index (κ2) is 6.86. The van der Waals surface area contributed by atoms with E-state index in [0.29, 0.717) is 17.5 Å². The molecule has 1 aliphatic heterocycles. The summed E-state index contributed by atoms with van der Waals surface area (Å²) in [6.45, 7) is 2.92. The molecule has 0 saturated carbocycles. The lowest BCUT2D eigenvalue weighted by Gasteiger charge is -2.34. The van der Waals surface area contributed by atoms with Crippen LogP contribution in [0.25, 0.3) is 11.3 Å². The van der Waals surface area contributed by atoms with E-state index in [0.717, 1.165) is 37.1 Å². The summed E-state index contributed by atoms with van der Waals surface area (Å²) in [4.78, 5) is 14.6. The zero-order valence-electron chi connectivity index (χ0n) is 13.6. The van der Waals surface area contributed by atoms with Crippen LogP contribution in [0, 0.1) is 0 Å². The van der Waals surface area contributed by atoms with E-state index in [4.69, 9.17) is 9.26 Å². The van der Waals surface area contributed by atoms with Gasteiger partial charge in [0.1, 0.15) is 11.4 Å². The summed E-state index contributed by atoms with van der Waals surface area (Å²) < 4.78 is 10.5. The molecule has 1 fully saturated rings. The molecule has 0 bridgehead atoms. The number of likely N-dealkylation sites (tertiary alicyclic amines) is 1. The van der Waals surface area contributed by atoms with Gasteiger partial charge in [-0.25, -0.2) is 0 Å². The highest BCUT2D eigenvalue weighted by molar-refractivity contribution is 5.92. The van der Waals surface area contributed by atoms with Crippen molar-refractivity contribution in [3.63, 3.8) is 0 Å². The van der Waals surface area contributed by atoms with Crippen molar-refractivity contribution in [2.24, 2.45) is 0 Å². The number of aromatic nitrogens is 1. The average Bonchev–Trinajstić information content (AvgIpc) is 3.11. The normalized spacial score (nSPS) is 18.0.